The van der Waals surface area contributed by atoms with E-state index in [-0.39, 0.29) is 6.04 Å². The Balaban J connectivity index is 2.15. The Morgan fingerprint density at radius 1 is 1.00 bits per heavy atom. The van der Waals surface area contributed by atoms with Crippen molar-refractivity contribution in [2.45, 2.75) is 12.5 Å². The van der Waals surface area contributed by atoms with Gasteiger partial charge in [-0.15, -0.1) is 0 Å². The molecule has 2 N–H and O–H groups in total. The fourth-order valence-corrected chi connectivity index (χ4v) is 2.45. The molecule has 3 nitrogen and oxygen atoms in total. The van der Waals surface area contributed by atoms with Gasteiger partial charge in [-0.25, -0.2) is 0 Å². The van der Waals surface area contributed by atoms with Crippen molar-refractivity contribution < 1.29 is 9.47 Å². The van der Waals surface area contributed by atoms with Crippen LogP contribution in [-0.4, -0.2) is 14.2 Å². The molecular weight excluding hydrogens is 365 g/mol. The summed E-state index contributed by atoms with van der Waals surface area (Å²) < 4.78 is 11.8. The molecule has 0 spiro atoms. The van der Waals surface area contributed by atoms with Crippen LogP contribution in [-0.2, 0) is 6.42 Å². The molecule has 2 aromatic rings. The lowest BCUT2D eigenvalue weighted by Crippen LogP contribution is -2.13. The molecule has 0 saturated heterocycles. The summed E-state index contributed by atoms with van der Waals surface area (Å²) in [6.07, 6.45) is 0.765. The van der Waals surface area contributed by atoms with E-state index in [9.17, 15) is 0 Å². The van der Waals surface area contributed by atoms with Crippen molar-refractivity contribution >= 4 is 22.6 Å². The Morgan fingerprint density at radius 2 is 1.65 bits per heavy atom. The highest BCUT2D eigenvalue weighted by Gasteiger charge is 2.10. The third-order valence-corrected chi connectivity index (χ3v) is 3.92. The fourth-order valence-electron chi connectivity index (χ4n) is 2.09. The number of benzene rings is 2. The van der Waals surface area contributed by atoms with Gasteiger partial charge in [0.05, 0.1) is 14.2 Å². The summed E-state index contributed by atoms with van der Waals surface area (Å²) >= 11 is 2.29. The molecule has 1 unspecified atom stereocenters. The third-order valence-electron chi connectivity index (χ3n) is 3.20. The van der Waals surface area contributed by atoms with E-state index in [0.717, 1.165) is 29.0 Å². The van der Waals surface area contributed by atoms with Crippen molar-refractivity contribution in [2.75, 3.05) is 14.2 Å². The zero-order chi connectivity index (χ0) is 14.5. The van der Waals surface area contributed by atoms with Crippen molar-refractivity contribution in [1.82, 2.24) is 0 Å². The predicted molar refractivity (Wildman–Crippen MR) is 89.3 cm³/mol. The number of nitrogens with two attached hydrogens (primary N) is 1. The largest absolute Gasteiger partial charge is 0.493 e. The maximum Gasteiger partial charge on any atom is 0.160 e. The van der Waals surface area contributed by atoms with Gasteiger partial charge in [-0.2, -0.15) is 0 Å². The SMILES string of the molecule is COc1ccc(CC(N)c2ccc(I)cc2)cc1OC. The first-order valence-corrected chi connectivity index (χ1v) is 7.44. The first-order valence-electron chi connectivity index (χ1n) is 6.36. The lowest BCUT2D eigenvalue weighted by molar-refractivity contribution is 0.354. The highest BCUT2D eigenvalue weighted by molar-refractivity contribution is 14.1. The molecular formula is C16H18INO2. The van der Waals surface area contributed by atoms with E-state index >= 15 is 0 Å². The Bertz CT molecular complexity index is 569. The van der Waals surface area contributed by atoms with Gasteiger partial charge in [0.25, 0.3) is 0 Å². The number of methoxy groups -OCH3 is 2. The van der Waals surface area contributed by atoms with Crippen molar-refractivity contribution in [3.05, 3.63) is 57.2 Å². The maximum atomic E-state index is 6.26. The third kappa shape index (κ3) is 3.64. The van der Waals surface area contributed by atoms with Gasteiger partial charge in [0, 0.05) is 9.61 Å². The highest BCUT2D eigenvalue weighted by Crippen LogP contribution is 2.29. The number of rotatable bonds is 5. The van der Waals surface area contributed by atoms with Crippen molar-refractivity contribution in [3.63, 3.8) is 0 Å². The summed E-state index contributed by atoms with van der Waals surface area (Å²) in [5.41, 5.74) is 8.54. The van der Waals surface area contributed by atoms with Gasteiger partial charge in [0.1, 0.15) is 0 Å². The maximum absolute atomic E-state index is 6.26. The molecule has 4 heteroatoms. The van der Waals surface area contributed by atoms with E-state index < -0.39 is 0 Å². The van der Waals surface area contributed by atoms with Crippen LogP contribution < -0.4 is 15.2 Å². The summed E-state index contributed by atoms with van der Waals surface area (Å²) in [5.74, 6) is 1.47. The minimum atomic E-state index is -0.0231. The Hall–Kier alpha value is -1.27. The van der Waals surface area contributed by atoms with E-state index in [1.54, 1.807) is 14.2 Å². The molecule has 1 atom stereocenters. The normalized spacial score (nSPS) is 12.0. The van der Waals surface area contributed by atoms with Gasteiger partial charge in [-0.05, 0) is 64.4 Å². The lowest BCUT2D eigenvalue weighted by Gasteiger charge is -2.14. The number of halogens is 1. The van der Waals surface area contributed by atoms with Crippen LogP contribution in [0.2, 0.25) is 0 Å². The molecule has 0 aliphatic carbocycles. The van der Waals surface area contributed by atoms with Gasteiger partial charge in [0.2, 0.25) is 0 Å². The molecule has 0 amide bonds. The first kappa shape index (κ1) is 15.1. The molecule has 0 radical (unpaired) electrons. The number of hydrogen-bond acceptors (Lipinski definition) is 3. The minimum Gasteiger partial charge on any atom is -0.493 e. The van der Waals surface area contributed by atoms with E-state index in [1.165, 1.54) is 3.57 Å². The van der Waals surface area contributed by atoms with Gasteiger partial charge in [0.15, 0.2) is 11.5 Å². The molecule has 0 aromatic heterocycles. The van der Waals surface area contributed by atoms with E-state index in [4.69, 9.17) is 15.2 Å². The number of hydrogen-bond donors (Lipinski definition) is 1. The van der Waals surface area contributed by atoms with E-state index in [0.29, 0.717) is 0 Å². The predicted octanol–water partition coefficient (Wildman–Crippen LogP) is 3.55. The molecule has 2 aromatic carbocycles. The topological polar surface area (TPSA) is 44.5 Å². The Kier molecular flexibility index (Phi) is 5.25. The average molecular weight is 383 g/mol. The summed E-state index contributed by atoms with van der Waals surface area (Å²) in [6, 6.07) is 14.2. The second-order valence-corrected chi connectivity index (χ2v) is 5.80. The van der Waals surface area contributed by atoms with E-state index in [2.05, 4.69) is 46.9 Å². The molecule has 2 rings (SSSR count). The van der Waals surface area contributed by atoms with Crippen LogP contribution >= 0.6 is 22.6 Å². The van der Waals surface area contributed by atoms with Crippen LogP contribution in [0.15, 0.2) is 42.5 Å². The highest BCUT2D eigenvalue weighted by atomic mass is 127. The van der Waals surface area contributed by atoms with Crippen LogP contribution in [0.3, 0.4) is 0 Å². The van der Waals surface area contributed by atoms with E-state index in [1.807, 2.05) is 18.2 Å². The van der Waals surface area contributed by atoms with Crippen molar-refractivity contribution in [2.24, 2.45) is 5.73 Å². The molecule has 0 aliphatic rings. The lowest BCUT2D eigenvalue weighted by atomic mass is 9.99. The molecule has 0 aliphatic heterocycles. The average Bonchev–Trinajstić information content (AvgIpc) is 2.47. The molecule has 0 fully saturated rings. The quantitative estimate of drug-likeness (QED) is 0.804. The molecule has 106 valence electrons. The van der Waals surface area contributed by atoms with Crippen LogP contribution in [0.5, 0.6) is 11.5 Å². The molecule has 20 heavy (non-hydrogen) atoms. The summed E-state index contributed by atoms with van der Waals surface area (Å²) in [6.45, 7) is 0. The summed E-state index contributed by atoms with van der Waals surface area (Å²) in [7, 11) is 3.27. The molecule has 0 saturated carbocycles. The van der Waals surface area contributed by atoms with Gasteiger partial charge in [-0.1, -0.05) is 18.2 Å². The Labute approximate surface area is 133 Å². The number of ether oxygens (including phenoxy) is 2. The standard InChI is InChI=1S/C16H18INO2/c1-19-15-8-3-11(10-16(15)20-2)9-14(18)12-4-6-13(17)7-5-12/h3-8,10,14H,9,18H2,1-2H3. The van der Waals surface area contributed by atoms with Crippen LogP contribution in [0.4, 0.5) is 0 Å². The van der Waals surface area contributed by atoms with Crippen molar-refractivity contribution in [1.29, 1.82) is 0 Å². The van der Waals surface area contributed by atoms with Gasteiger partial charge in [-0.3, -0.25) is 0 Å². The van der Waals surface area contributed by atoms with Gasteiger partial charge < -0.3 is 15.2 Å². The second-order valence-electron chi connectivity index (χ2n) is 4.55. The second kappa shape index (κ2) is 6.95. The monoisotopic (exact) mass is 383 g/mol. The zero-order valence-electron chi connectivity index (χ0n) is 11.6. The zero-order valence-corrected chi connectivity index (χ0v) is 13.8. The Morgan fingerprint density at radius 3 is 2.25 bits per heavy atom. The summed E-state index contributed by atoms with van der Waals surface area (Å²) in [4.78, 5) is 0. The smallest absolute Gasteiger partial charge is 0.160 e. The van der Waals surface area contributed by atoms with Crippen LogP contribution in [0.1, 0.15) is 17.2 Å². The van der Waals surface area contributed by atoms with Gasteiger partial charge >= 0.3 is 0 Å². The first-order chi connectivity index (χ1) is 9.63. The molecule has 0 bridgehead atoms. The molecule has 0 heterocycles. The van der Waals surface area contributed by atoms with Crippen molar-refractivity contribution in [3.8, 4) is 11.5 Å². The fraction of sp³-hybridized carbons (Fsp3) is 0.250. The van der Waals surface area contributed by atoms with Crippen LogP contribution in [0.25, 0.3) is 0 Å². The van der Waals surface area contributed by atoms with Crippen LogP contribution in [0, 0.1) is 3.57 Å². The summed E-state index contributed by atoms with van der Waals surface area (Å²) in [5, 5.41) is 0. The minimum absolute atomic E-state index is 0.0231.